The number of rotatable bonds is 4. The van der Waals surface area contributed by atoms with E-state index in [0.717, 1.165) is 0 Å². The second-order valence-electron chi connectivity index (χ2n) is 4.82. The molecule has 0 bridgehead atoms. The number of nitrogens with two attached hydrogens (primary N) is 1. The maximum Gasteiger partial charge on any atom is 0.264 e. The lowest BCUT2D eigenvalue weighted by molar-refractivity contribution is -0.124. The summed E-state index contributed by atoms with van der Waals surface area (Å²) in [5, 5.41) is 0. The minimum atomic E-state index is -3.93. The van der Waals surface area contributed by atoms with Crippen molar-refractivity contribution in [2.75, 3.05) is 0 Å². The fourth-order valence-corrected chi connectivity index (χ4v) is 2.89. The van der Waals surface area contributed by atoms with E-state index in [2.05, 4.69) is 0 Å². The monoisotopic (exact) mass is 304 g/mol. The average molecular weight is 304 g/mol. The van der Waals surface area contributed by atoms with Crippen LogP contribution in [0.15, 0.2) is 65.6 Å². The van der Waals surface area contributed by atoms with E-state index in [-0.39, 0.29) is 4.90 Å². The van der Waals surface area contributed by atoms with Gasteiger partial charge in [0.2, 0.25) is 0 Å². The van der Waals surface area contributed by atoms with Crippen molar-refractivity contribution in [3.05, 3.63) is 66.2 Å². The van der Waals surface area contributed by atoms with Crippen LogP contribution in [0.4, 0.5) is 0 Å². The van der Waals surface area contributed by atoms with Crippen LogP contribution in [-0.2, 0) is 20.4 Å². The highest BCUT2D eigenvalue weighted by atomic mass is 32.2. The zero-order valence-electron chi connectivity index (χ0n) is 11.5. The number of amides is 1. The van der Waals surface area contributed by atoms with Crippen LogP contribution >= 0.6 is 0 Å². The maximum absolute atomic E-state index is 12.2. The lowest BCUT2D eigenvalue weighted by atomic mass is 9.93. The van der Waals surface area contributed by atoms with Crippen molar-refractivity contribution in [1.29, 1.82) is 0 Å². The fourth-order valence-electron chi connectivity index (χ4n) is 1.80. The zero-order chi connectivity index (χ0) is 15.5. The van der Waals surface area contributed by atoms with Gasteiger partial charge in [-0.25, -0.2) is 13.1 Å². The molecule has 0 aliphatic rings. The summed E-state index contributed by atoms with van der Waals surface area (Å²) in [6.45, 7) is 1.47. The Labute approximate surface area is 123 Å². The Balaban J connectivity index is 2.26. The molecule has 0 aliphatic heterocycles. The molecule has 3 N–H and O–H groups in total. The lowest BCUT2D eigenvalue weighted by Crippen LogP contribution is -2.50. The highest BCUT2D eigenvalue weighted by molar-refractivity contribution is 7.90. The molecule has 0 heterocycles. The first-order valence-electron chi connectivity index (χ1n) is 6.31. The summed E-state index contributed by atoms with van der Waals surface area (Å²) in [6, 6.07) is 16.3. The van der Waals surface area contributed by atoms with Gasteiger partial charge in [-0.15, -0.1) is 0 Å². The van der Waals surface area contributed by atoms with Crippen LogP contribution < -0.4 is 10.5 Å². The van der Waals surface area contributed by atoms with E-state index < -0.39 is 21.5 Å². The zero-order valence-corrected chi connectivity index (χ0v) is 12.3. The fraction of sp³-hybridized carbons (Fsp3) is 0.133. The highest BCUT2D eigenvalue weighted by Gasteiger charge is 2.33. The smallest absolute Gasteiger partial charge is 0.264 e. The molecule has 0 saturated carbocycles. The van der Waals surface area contributed by atoms with Gasteiger partial charge in [0.1, 0.15) is 5.54 Å². The molecule has 1 amide bonds. The van der Waals surface area contributed by atoms with Crippen LogP contribution in [0.5, 0.6) is 0 Å². The summed E-state index contributed by atoms with van der Waals surface area (Å²) in [5.41, 5.74) is 5.08. The van der Waals surface area contributed by atoms with E-state index in [1.165, 1.54) is 19.1 Å². The van der Waals surface area contributed by atoms with Gasteiger partial charge in [-0.1, -0.05) is 48.5 Å². The van der Waals surface area contributed by atoms with E-state index in [0.29, 0.717) is 5.56 Å². The summed E-state index contributed by atoms with van der Waals surface area (Å²) >= 11 is 0. The summed E-state index contributed by atoms with van der Waals surface area (Å²) in [6.07, 6.45) is 0. The molecule has 1 unspecified atom stereocenters. The number of carbonyl (C=O) groups excluding carboxylic acids is 1. The van der Waals surface area contributed by atoms with Crippen LogP contribution in [0.1, 0.15) is 12.5 Å². The van der Waals surface area contributed by atoms with Crippen LogP contribution in [0, 0.1) is 0 Å². The second kappa shape index (κ2) is 5.67. The van der Waals surface area contributed by atoms with E-state index in [4.69, 9.17) is 5.73 Å². The van der Waals surface area contributed by atoms with E-state index in [1.807, 2.05) is 4.72 Å². The molecule has 6 heteroatoms. The molecule has 0 fully saturated rings. The minimum Gasteiger partial charge on any atom is -0.314 e. The number of hydrogen-bond donors (Lipinski definition) is 2. The predicted molar refractivity (Wildman–Crippen MR) is 79.8 cm³/mol. The number of hydrogen-bond acceptors (Lipinski definition) is 4. The first-order valence-corrected chi connectivity index (χ1v) is 7.79. The molecule has 2 aromatic carbocycles. The quantitative estimate of drug-likeness (QED) is 0.892. The second-order valence-corrected chi connectivity index (χ2v) is 6.50. The molecule has 2 rings (SSSR count). The third-order valence-corrected chi connectivity index (χ3v) is 4.47. The summed E-state index contributed by atoms with van der Waals surface area (Å²) in [5.74, 6) is -0.780. The standard InChI is InChI=1S/C15H16N2O3S/c1-15(16,12-8-4-2-5-9-12)14(18)17-21(19,20)13-10-6-3-7-11-13/h2-11H,16H2,1H3,(H,17,18). The topological polar surface area (TPSA) is 89.3 Å². The molecule has 1 atom stereocenters. The van der Waals surface area contributed by atoms with Gasteiger partial charge in [0.25, 0.3) is 15.9 Å². The van der Waals surface area contributed by atoms with Gasteiger partial charge in [0.15, 0.2) is 0 Å². The van der Waals surface area contributed by atoms with Crippen molar-refractivity contribution in [3.63, 3.8) is 0 Å². The number of nitrogens with one attached hydrogen (secondary N) is 1. The number of sulfonamides is 1. The van der Waals surface area contributed by atoms with Crippen molar-refractivity contribution in [2.24, 2.45) is 5.73 Å². The first kappa shape index (κ1) is 15.2. The molecule has 0 aromatic heterocycles. The number of benzene rings is 2. The van der Waals surface area contributed by atoms with E-state index >= 15 is 0 Å². The lowest BCUT2D eigenvalue weighted by Gasteiger charge is -2.23. The molecule has 0 aliphatic carbocycles. The number of carbonyl (C=O) groups is 1. The van der Waals surface area contributed by atoms with Crippen molar-refractivity contribution >= 4 is 15.9 Å². The minimum absolute atomic E-state index is 0.0159. The largest absolute Gasteiger partial charge is 0.314 e. The van der Waals surface area contributed by atoms with Gasteiger partial charge in [-0.3, -0.25) is 4.79 Å². The molecule has 2 aromatic rings. The first-order chi connectivity index (χ1) is 9.84. The Morgan fingerprint density at radius 1 is 1.00 bits per heavy atom. The molecule has 0 spiro atoms. The van der Waals surface area contributed by atoms with E-state index in [1.54, 1.807) is 48.5 Å². The predicted octanol–water partition coefficient (Wildman–Crippen LogP) is 1.37. The van der Waals surface area contributed by atoms with Gasteiger partial charge >= 0.3 is 0 Å². The third kappa shape index (κ3) is 3.29. The normalized spacial score (nSPS) is 14.2. The van der Waals surface area contributed by atoms with Crippen molar-refractivity contribution < 1.29 is 13.2 Å². The van der Waals surface area contributed by atoms with Crippen LogP contribution in [0.3, 0.4) is 0 Å². The highest BCUT2D eigenvalue weighted by Crippen LogP contribution is 2.18. The van der Waals surface area contributed by atoms with Crippen LogP contribution in [0.2, 0.25) is 0 Å². The Morgan fingerprint density at radius 2 is 1.48 bits per heavy atom. The molecule has 21 heavy (non-hydrogen) atoms. The van der Waals surface area contributed by atoms with Gasteiger partial charge in [-0.2, -0.15) is 0 Å². The van der Waals surface area contributed by atoms with Gasteiger partial charge in [0.05, 0.1) is 4.90 Å². The Hall–Kier alpha value is -2.18. The Kier molecular flexibility index (Phi) is 4.11. The summed E-state index contributed by atoms with van der Waals surface area (Å²) in [4.78, 5) is 12.3. The molecule has 110 valence electrons. The van der Waals surface area contributed by atoms with Gasteiger partial charge < -0.3 is 5.73 Å². The molecule has 0 saturated heterocycles. The average Bonchev–Trinajstić information content (AvgIpc) is 2.48. The maximum atomic E-state index is 12.2. The summed E-state index contributed by atoms with van der Waals surface area (Å²) < 4.78 is 26.3. The Bertz CT molecular complexity index is 726. The van der Waals surface area contributed by atoms with E-state index in [9.17, 15) is 13.2 Å². The van der Waals surface area contributed by atoms with Crippen LogP contribution in [0.25, 0.3) is 0 Å². The van der Waals surface area contributed by atoms with Gasteiger partial charge in [0, 0.05) is 0 Å². The SMILES string of the molecule is CC(N)(C(=O)NS(=O)(=O)c1ccccc1)c1ccccc1. The molecule has 5 nitrogen and oxygen atoms in total. The van der Waals surface area contributed by atoms with Crippen molar-refractivity contribution in [1.82, 2.24) is 4.72 Å². The third-order valence-electron chi connectivity index (χ3n) is 3.13. The van der Waals surface area contributed by atoms with Gasteiger partial charge in [-0.05, 0) is 24.6 Å². The van der Waals surface area contributed by atoms with Crippen molar-refractivity contribution in [2.45, 2.75) is 17.4 Å². The molecular weight excluding hydrogens is 288 g/mol. The molecule has 0 radical (unpaired) electrons. The molecular formula is C15H16N2O3S. The Morgan fingerprint density at radius 3 is 2.00 bits per heavy atom. The van der Waals surface area contributed by atoms with Crippen molar-refractivity contribution in [3.8, 4) is 0 Å². The van der Waals surface area contributed by atoms with Crippen LogP contribution in [-0.4, -0.2) is 14.3 Å². The summed E-state index contributed by atoms with van der Waals surface area (Å²) in [7, 11) is -3.93.